The molecule has 1 aromatic heterocycles. The van der Waals surface area contributed by atoms with Crippen molar-refractivity contribution in [2.24, 2.45) is 0 Å². The fourth-order valence-corrected chi connectivity index (χ4v) is 1.41. The van der Waals surface area contributed by atoms with Crippen molar-refractivity contribution in [2.45, 2.75) is 0 Å². The monoisotopic (exact) mass is 214 g/mol. The lowest BCUT2D eigenvalue weighted by molar-refractivity contribution is 0.404. The minimum Gasteiger partial charge on any atom is -0.504 e. The largest absolute Gasteiger partial charge is 0.504 e. The molecule has 0 aliphatic heterocycles. The van der Waals surface area contributed by atoms with Crippen LogP contribution < -0.4 is 0 Å². The Morgan fingerprint density at radius 3 is 1.56 bits per heavy atom. The van der Waals surface area contributed by atoms with Gasteiger partial charge in [-0.25, -0.2) is 9.97 Å². The van der Waals surface area contributed by atoms with Gasteiger partial charge in [-0.1, -0.05) is 13.2 Å². The third-order valence-corrected chi connectivity index (χ3v) is 2.20. The lowest BCUT2D eigenvalue weighted by Gasteiger charge is -2.04. The first kappa shape index (κ1) is 10.2. The van der Waals surface area contributed by atoms with Gasteiger partial charge in [0.2, 0.25) is 0 Å². The molecule has 0 aliphatic carbocycles. The van der Waals surface area contributed by atoms with E-state index in [9.17, 15) is 10.2 Å². The molecule has 16 heavy (non-hydrogen) atoms. The second kappa shape index (κ2) is 3.66. The average molecular weight is 214 g/mol. The Kier molecular flexibility index (Phi) is 2.32. The van der Waals surface area contributed by atoms with Gasteiger partial charge in [-0.05, 0) is 12.2 Å². The summed E-state index contributed by atoms with van der Waals surface area (Å²) in [7, 11) is 0. The third-order valence-electron chi connectivity index (χ3n) is 2.20. The van der Waals surface area contributed by atoms with Gasteiger partial charge in [0.15, 0.2) is 11.5 Å². The predicted octanol–water partition coefficient (Wildman–Crippen LogP) is 2.33. The lowest BCUT2D eigenvalue weighted by Crippen LogP contribution is -1.93. The van der Waals surface area contributed by atoms with Crippen molar-refractivity contribution in [3.05, 3.63) is 36.7 Å². The summed E-state index contributed by atoms with van der Waals surface area (Å²) in [6.07, 6.45) is 3.13. The number of phenols is 2. The van der Waals surface area contributed by atoms with Crippen LogP contribution in [0.3, 0.4) is 0 Å². The molecule has 0 spiro atoms. The molecular weight excluding hydrogens is 204 g/mol. The number of phenolic OH excluding ortho intramolecular Hbond substituents is 2. The number of benzene rings is 1. The van der Waals surface area contributed by atoms with Crippen molar-refractivity contribution >= 4 is 23.2 Å². The smallest absolute Gasteiger partial charge is 0.159 e. The molecule has 80 valence electrons. The number of nitrogens with zero attached hydrogens (tertiary/aromatic N) is 2. The first-order chi connectivity index (χ1) is 7.65. The molecule has 1 heterocycles. The first-order valence-corrected chi connectivity index (χ1v) is 4.64. The van der Waals surface area contributed by atoms with Gasteiger partial charge in [-0.3, -0.25) is 0 Å². The van der Waals surface area contributed by atoms with E-state index >= 15 is 0 Å². The Morgan fingerprint density at radius 2 is 1.25 bits per heavy atom. The third kappa shape index (κ3) is 1.50. The van der Waals surface area contributed by atoms with Crippen LogP contribution in [0.25, 0.3) is 23.2 Å². The quantitative estimate of drug-likeness (QED) is 0.753. The summed E-state index contributed by atoms with van der Waals surface area (Å²) in [5, 5.41) is 18.7. The van der Waals surface area contributed by atoms with Crippen molar-refractivity contribution in [3.63, 3.8) is 0 Å². The lowest BCUT2D eigenvalue weighted by atomic mass is 10.2. The summed E-state index contributed by atoms with van der Waals surface area (Å²) in [6.45, 7) is 7.25. The van der Waals surface area contributed by atoms with Crippen molar-refractivity contribution in [2.75, 3.05) is 0 Å². The van der Waals surface area contributed by atoms with E-state index < -0.39 is 0 Å². The van der Waals surface area contributed by atoms with Crippen LogP contribution in [0, 0.1) is 0 Å². The van der Waals surface area contributed by atoms with E-state index in [2.05, 4.69) is 23.1 Å². The highest BCUT2D eigenvalue weighted by Crippen LogP contribution is 2.29. The fourth-order valence-electron chi connectivity index (χ4n) is 1.41. The zero-order chi connectivity index (χ0) is 11.7. The van der Waals surface area contributed by atoms with Crippen molar-refractivity contribution in [3.8, 4) is 11.5 Å². The summed E-state index contributed by atoms with van der Waals surface area (Å²) in [6, 6.07) is 2.72. The van der Waals surface area contributed by atoms with Gasteiger partial charge in [0, 0.05) is 12.1 Å². The number of rotatable bonds is 2. The molecule has 0 amide bonds. The maximum atomic E-state index is 9.34. The van der Waals surface area contributed by atoms with Crippen LogP contribution in [0.2, 0.25) is 0 Å². The Balaban J connectivity index is 2.83. The molecule has 4 heteroatoms. The van der Waals surface area contributed by atoms with Gasteiger partial charge in [0.1, 0.15) is 0 Å². The molecule has 2 aromatic rings. The molecule has 2 rings (SSSR count). The number of hydrogen-bond donors (Lipinski definition) is 2. The van der Waals surface area contributed by atoms with E-state index in [0.29, 0.717) is 22.4 Å². The highest BCUT2D eigenvalue weighted by atomic mass is 16.3. The van der Waals surface area contributed by atoms with Crippen molar-refractivity contribution in [1.29, 1.82) is 0 Å². The molecule has 1 aromatic carbocycles. The second-order valence-corrected chi connectivity index (χ2v) is 3.23. The number of fused-ring (bicyclic) bond motifs is 1. The second-order valence-electron chi connectivity index (χ2n) is 3.23. The van der Waals surface area contributed by atoms with Crippen molar-refractivity contribution in [1.82, 2.24) is 9.97 Å². The molecule has 0 fully saturated rings. The minimum atomic E-state index is -0.219. The van der Waals surface area contributed by atoms with E-state index in [1.165, 1.54) is 12.1 Å². The highest BCUT2D eigenvalue weighted by Gasteiger charge is 2.07. The SMILES string of the molecule is C=Cc1nc2cc(O)c(O)cc2nc1C=C. The highest BCUT2D eigenvalue weighted by molar-refractivity contribution is 5.81. The normalized spacial score (nSPS) is 10.2. The summed E-state index contributed by atoms with van der Waals surface area (Å²) >= 11 is 0. The molecule has 0 atom stereocenters. The zero-order valence-electron chi connectivity index (χ0n) is 8.51. The molecule has 0 saturated carbocycles. The zero-order valence-corrected chi connectivity index (χ0v) is 8.51. The van der Waals surface area contributed by atoms with Gasteiger partial charge < -0.3 is 10.2 Å². The Bertz CT molecular complexity index is 539. The van der Waals surface area contributed by atoms with E-state index in [-0.39, 0.29) is 11.5 Å². The van der Waals surface area contributed by atoms with E-state index in [1.54, 1.807) is 12.2 Å². The Labute approximate surface area is 92.2 Å². The van der Waals surface area contributed by atoms with Crippen LogP contribution in [0.15, 0.2) is 25.3 Å². The van der Waals surface area contributed by atoms with Gasteiger partial charge >= 0.3 is 0 Å². The Hall–Kier alpha value is -2.36. The van der Waals surface area contributed by atoms with Crippen LogP contribution in [0.5, 0.6) is 11.5 Å². The summed E-state index contributed by atoms with van der Waals surface area (Å²) in [5.74, 6) is -0.439. The maximum absolute atomic E-state index is 9.34. The predicted molar refractivity (Wildman–Crippen MR) is 63.0 cm³/mol. The van der Waals surface area contributed by atoms with Gasteiger partial charge in [-0.15, -0.1) is 0 Å². The molecular formula is C12H10N2O2. The van der Waals surface area contributed by atoms with Gasteiger partial charge in [0.25, 0.3) is 0 Å². The fraction of sp³-hybridized carbons (Fsp3) is 0. The molecule has 4 nitrogen and oxygen atoms in total. The minimum absolute atomic E-state index is 0.219. The molecule has 0 unspecified atom stereocenters. The summed E-state index contributed by atoms with van der Waals surface area (Å²) in [5.41, 5.74) is 2.17. The van der Waals surface area contributed by atoms with Crippen LogP contribution in [0.1, 0.15) is 11.4 Å². The van der Waals surface area contributed by atoms with Gasteiger partial charge in [0.05, 0.1) is 22.4 Å². The standard InChI is InChI=1S/C12H10N2O2/c1-3-7-8(4-2)14-10-6-12(16)11(15)5-9(10)13-7/h3-6,15-16H,1-2H2. The van der Waals surface area contributed by atoms with E-state index in [4.69, 9.17) is 0 Å². The van der Waals surface area contributed by atoms with Crippen LogP contribution in [-0.2, 0) is 0 Å². The van der Waals surface area contributed by atoms with Gasteiger partial charge in [-0.2, -0.15) is 0 Å². The average Bonchev–Trinajstić information content (AvgIpc) is 2.29. The molecule has 0 saturated heterocycles. The number of hydrogen-bond acceptors (Lipinski definition) is 4. The van der Waals surface area contributed by atoms with E-state index in [0.717, 1.165) is 0 Å². The number of aromatic nitrogens is 2. The van der Waals surface area contributed by atoms with Crippen LogP contribution in [-0.4, -0.2) is 20.2 Å². The van der Waals surface area contributed by atoms with Crippen molar-refractivity contribution < 1.29 is 10.2 Å². The van der Waals surface area contributed by atoms with Crippen LogP contribution in [0.4, 0.5) is 0 Å². The maximum Gasteiger partial charge on any atom is 0.159 e. The molecule has 0 aliphatic rings. The molecule has 2 N–H and O–H groups in total. The summed E-state index contributed by atoms with van der Waals surface area (Å²) in [4.78, 5) is 8.49. The molecule has 0 radical (unpaired) electrons. The first-order valence-electron chi connectivity index (χ1n) is 4.64. The number of aromatic hydroxyl groups is 2. The van der Waals surface area contributed by atoms with Crippen LogP contribution >= 0.6 is 0 Å². The topological polar surface area (TPSA) is 66.2 Å². The summed E-state index contributed by atoms with van der Waals surface area (Å²) < 4.78 is 0. The molecule has 0 bridgehead atoms. The van der Waals surface area contributed by atoms with E-state index in [1.807, 2.05) is 0 Å². The Morgan fingerprint density at radius 1 is 0.875 bits per heavy atom.